The van der Waals surface area contributed by atoms with E-state index in [-0.39, 0.29) is 17.7 Å². The van der Waals surface area contributed by atoms with Gasteiger partial charge < -0.3 is 20.7 Å². The van der Waals surface area contributed by atoms with Crippen LogP contribution in [0.3, 0.4) is 0 Å². The molecule has 0 spiro atoms. The number of aromatic nitrogens is 2. The van der Waals surface area contributed by atoms with Crippen LogP contribution in [0.2, 0.25) is 0 Å². The van der Waals surface area contributed by atoms with Gasteiger partial charge in [0.25, 0.3) is 0 Å². The maximum atomic E-state index is 12.7. The monoisotopic (exact) mass is 385 g/mol. The van der Waals surface area contributed by atoms with Crippen LogP contribution in [0.4, 0.5) is 10.7 Å². The van der Waals surface area contributed by atoms with E-state index >= 15 is 0 Å². The van der Waals surface area contributed by atoms with Gasteiger partial charge in [-0.1, -0.05) is 19.4 Å². The minimum Gasteiger partial charge on any atom is -0.390 e. The van der Waals surface area contributed by atoms with Crippen molar-refractivity contribution >= 4 is 28.9 Å². The number of likely N-dealkylation sites (N-methyl/N-ethyl adjacent to an activating group) is 1. The Kier molecular flexibility index (Phi) is 5.67. The number of anilines is 1. The van der Waals surface area contributed by atoms with E-state index in [2.05, 4.69) is 15.3 Å². The second-order valence-electron chi connectivity index (χ2n) is 7.20. The fourth-order valence-electron chi connectivity index (χ4n) is 3.59. The average molecular weight is 385 g/mol. The number of rotatable bonds is 6. The molecule has 3 N–H and O–H groups in total. The topological polar surface area (TPSA) is 110 Å². The third-order valence-electron chi connectivity index (χ3n) is 5.26. The highest BCUT2D eigenvalue weighted by Crippen LogP contribution is 2.45. The molecule has 1 aromatic carbocycles. The number of fused-ring (bicyclic) bond motifs is 1. The van der Waals surface area contributed by atoms with Gasteiger partial charge in [-0.15, -0.1) is 0 Å². The summed E-state index contributed by atoms with van der Waals surface area (Å²) >= 11 is 0. The van der Waals surface area contributed by atoms with E-state index in [1.165, 1.54) is 4.90 Å². The maximum Gasteiger partial charge on any atom is 0.416 e. The summed E-state index contributed by atoms with van der Waals surface area (Å²) < 4.78 is 5.51. The summed E-state index contributed by atoms with van der Waals surface area (Å²) in [6, 6.07) is 5.55. The Morgan fingerprint density at radius 3 is 2.64 bits per heavy atom. The van der Waals surface area contributed by atoms with Crippen LogP contribution < -0.4 is 15.8 Å². The van der Waals surface area contributed by atoms with Gasteiger partial charge in [-0.05, 0) is 43.9 Å². The van der Waals surface area contributed by atoms with E-state index < -0.39 is 11.5 Å². The number of hydrogen-bond donors (Lipinski definition) is 2. The minimum absolute atomic E-state index is 0.0261. The zero-order valence-electron chi connectivity index (χ0n) is 16.6. The van der Waals surface area contributed by atoms with Gasteiger partial charge in [-0.3, -0.25) is 4.79 Å². The molecule has 28 heavy (non-hydrogen) atoms. The molecule has 150 valence electrons. The van der Waals surface area contributed by atoms with Gasteiger partial charge in [0, 0.05) is 20.1 Å². The molecule has 0 bridgehead atoms. The third kappa shape index (κ3) is 3.58. The molecule has 1 saturated carbocycles. The molecule has 0 aliphatic heterocycles. The molecule has 1 aliphatic carbocycles. The zero-order chi connectivity index (χ0) is 20.3. The number of nitrogens with zero attached hydrogens (tertiary/aromatic N) is 3. The molecule has 2 aromatic rings. The fraction of sp³-hybridized carbons (Fsp3) is 0.500. The molecule has 8 nitrogen and oxygen atoms in total. The van der Waals surface area contributed by atoms with Crippen LogP contribution in [0.15, 0.2) is 18.2 Å². The van der Waals surface area contributed by atoms with Gasteiger partial charge in [-0.2, -0.15) is 4.98 Å². The first-order valence-corrected chi connectivity index (χ1v) is 9.70. The molecule has 1 aromatic heterocycles. The SMILES string of the molecule is CCCN(C)C(=O)Oc1nc(N)nc2ccc(C3(C(=O)NCC)CCC3)cc12. The van der Waals surface area contributed by atoms with Crippen LogP contribution in [0.25, 0.3) is 10.9 Å². The highest BCUT2D eigenvalue weighted by Gasteiger charge is 2.45. The Morgan fingerprint density at radius 2 is 2.04 bits per heavy atom. The van der Waals surface area contributed by atoms with Crippen LogP contribution in [-0.2, 0) is 10.2 Å². The smallest absolute Gasteiger partial charge is 0.390 e. The molecule has 0 saturated heterocycles. The number of nitrogens with one attached hydrogen (secondary N) is 1. The number of amides is 2. The van der Waals surface area contributed by atoms with Crippen LogP contribution >= 0.6 is 0 Å². The highest BCUT2D eigenvalue weighted by atomic mass is 16.6. The first kappa shape index (κ1) is 19.9. The lowest BCUT2D eigenvalue weighted by atomic mass is 9.63. The predicted molar refractivity (Wildman–Crippen MR) is 107 cm³/mol. The van der Waals surface area contributed by atoms with E-state index in [0.29, 0.717) is 24.0 Å². The zero-order valence-corrected chi connectivity index (χ0v) is 16.6. The number of benzene rings is 1. The number of nitrogens with two attached hydrogens (primary N) is 1. The van der Waals surface area contributed by atoms with Crippen molar-refractivity contribution in [3.05, 3.63) is 23.8 Å². The van der Waals surface area contributed by atoms with Crippen LogP contribution in [0.1, 0.15) is 45.1 Å². The molecule has 0 unspecified atom stereocenters. The van der Waals surface area contributed by atoms with Crippen molar-refractivity contribution < 1.29 is 14.3 Å². The molecule has 1 fully saturated rings. The van der Waals surface area contributed by atoms with Crippen molar-refractivity contribution in [3.8, 4) is 5.88 Å². The number of ether oxygens (including phenoxy) is 1. The number of carbonyl (C=O) groups is 2. The summed E-state index contributed by atoms with van der Waals surface area (Å²) in [6.07, 6.45) is 2.88. The van der Waals surface area contributed by atoms with E-state index in [1.54, 1.807) is 13.1 Å². The van der Waals surface area contributed by atoms with Gasteiger partial charge in [0.1, 0.15) is 0 Å². The molecule has 8 heteroatoms. The number of nitrogen functional groups attached to an aromatic ring is 1. The van der Waals surface area contributed by atoms with E-state index in [1.807, 2.05) is 26.0 Å². The normalized spacial score (nSPS) is 15.0. The van der Waals surface area contributed by atoms with Crippen molar-refractivity contribution in [2.24, 2.45) is 0 Å². The van der Waals surface area contributed by atoms with Crippen LogP contribution in [0, 0.1) is 0 Å². The Labute approximate surface area is 164 Å². The van der Waals surface area contributed by atoms with Gasteiger partial charge in [0.2, 0.25) is 17.7 Å². The van der Waals surface area contributed by atoms with E-state index in [4.69, 9.17) is 10.5 Å². The second kappa shape index (κ2) is 8.00. The van der Waals surface area contributed by atoms with Gasteiger partial charge in [0.05, 0.1) is 16.3 Å². The van der Waals surface area contributed by atoms with Crippen molar-refractivity contribution in [3.63, 3.8) is 0 Å². The van der Waals surface area contributed by atoms with E-state index in [9.17, 15) is 9.59 Å². The highest BCUT2D eigenvalue weighted by molar-refractivity contribution is 5.93. The summed E-state index contributed by atoms with van der Waals surface area (Å²) in [5, 5.41) is 3.51. The summed E-state index contributed by atoms with van der Waals surface area (Å²) in [6.45, 7) is 5.04. The Balaban J connectivity index is 2.02. The molecular formula is C20H27N5O3. The number of hydrogen-bond acceptors (Lipinski definition) is 6. The lowest BCUT2D eigenvalue weighted by Gasteiger charge is -2.40. The molecular weight excluding hydrogens is 358 g/mol. The van der Waals surface area contributed by atoms with Crippen molar-refractivity contribution in [2.75, 3.05) is 25.9 Å². The standard InChI is InChI=1S/C20H27N5O3/c1-4-11-25(3)19(27)28-16-14-12-13(7-8-15(14)23-18(21)24-16)20(9-6-10-20)17(26)22-5-2/h7-8,12H,4-6,9-11H2,1-3H3,(H,22,26)(H2,21,23,24). The Bertz CT molecular complexity index is 895. The van der Waals surface area contributed by atoms with Crippen molar-refractivity contribution in [2.45, 2.75) is 44.9 Å². The van der Waals surface area contributed by atoms with Crippen molar-refractivity contribution in [1.29, 1.82) is 0 Å². The third-order valence-corrected chi connectivity index (χ3v) is 5.26. The lowest BCUT2D eigenvalue weighted by Crippen LogP contribution is -2.49. The molecule has 1 aliphatic rings. The summed E-state index contributed by atoms with van der Waals surface area (Å²) in [4.78, 5) is 34.9. The predicted octanol–water partition coefficient (Wildman–Crippen LogP) is 2.61. The van der Waals surface area contributed by atoms with Crippen LogP contribution in [0.5, 0.6) is 5.88 Å². The van der Waals surface area contributed by atoms with E-state index in [0.717, 1.165) is 31.2 Å². The van der Waals surface area contributed by atoms with Gasteiger partial charge >= 0.3 is 6.09 Å². The largest absolute Gasteiger partial charge is 0.416 e. The first-order chi connectivity index (χ1) is 13.4. The summed E-state index contributed by atoms with van der Waals surface area (Å²) in [5.41, 5.74) is 6.69. The second-order valence-corrected chi connectivity index (χ2v) is 7.20. The summed E-state index contributed by atoms with van der Waals surface area (Å²) in [5.74, 6) is 0.171. The molecule has 0 atom stereocenters. The molecule has 1 heterocycles. The average Bonchev–Trinajstić information content (AvgIpc) is 2.61. The molecule has 0 radical (unpaired) electrons. The number of carbonyl (C=O) groups excluding carboxylic acids is 2. The summed E-state index contributed by atoms with van der Waals surface area (Å²) in [7, 11) is 1.67. The van der Waals surface area contributed by atoms with Crippen LogP contribution in [-0.4, -0.2) is 47.0 Å². The first-order valence-electron chi connectivity index (χ1n) is 9.70. The van der Waals surface area contributed by atoms with Crippen molar-refractivity contribution in [1.82, 2.24) is 20.2 Å². The Morgan fingerprint density at radius 1 is 1.29 bits per heavy atom. The lowest BCUT2D eigenvalue weighted by molar-refractivity contribution is -0.129. The Hall–Kier alpha value is -2.90. The quantitative estimate of drug-likeness (QED) is 0.791. The fourth-order valence-corrected chi connectivity index (χ4v) is 3.59. The minimum atomic E-state index is -0.550. The van der Waals surface area contributed by atoms with Gasteiger partial charge in [-0.25, -0.2) is 9.78 Å². The van der Waals surface area contributed by atoms with Gasteiger partial charge in [0.15, 0.2) is 0 Å². The maximum absolute atomic E-state index is 12.7. The molecule has 3 rings (SSSR count). The molecule has 2 amide bonds.